The highest BCUT2D eigenvalue weighted by Gasteiger charge is 1.98. The second-order valence-corrected chi connectivity index (χ2v) is 2.83. The lowest BCUT2D eigenvalue weighted by atomic mass is 10.3. The molecule has 0 bridgehead atoms. The van der Waals surface area contributed by atoms with Crippen LogP contribution in [0.15, 0.2) is 29.1 Å². The van der Waals surface area contributed by atoms with E-state index in [1.807, 2.05) is 24.3 Å². The summed E-state index contributed by atoms with van der Waals surface area (Å²) in [5.41, 5.74) is 1.67. The first-order chi connectivity index (χ1) is 5.29. The molecule has 11 heavy (non-hydrogen) atoms. The van der Waals surface area contributed by atoms with E-state index < -0.39 is 0 Å². The third-order valence-corrected chi connectivity index (χ3v) is 2.14. The molecule has 0 aliphatic rings. The van der Waals surface area contributed by atoms with Crippen LogP contribution in [0.2, 0.25) is 0 Å². The fourth-order valence-corrected chi connectivity index (χ4v) is 1.36. The molecule has 1 unspecified atom stereocenters. The zero-order chi connectivity index (χ0) is 7.84. The Morgan fingerprint density at radius 1 is 1.36 bits per heavy atom. The molecule has 4 heteroatoms. The molecule has 2 rings (SSSR count). The van der Waals surface area contributed by atoms with E-state index in [1.165, 1.54) is 4.34 Å². The van der Waals surface area contributed by atoms with Crippen molar-refractivity contribution >= 4 is 20.4 Å². The first-order valence-electron chi connectivity index (χ1n) is 3.24. The quantitative estimate of drug-likeness (QED) is 0.582. The average molecular weight is 166 g/mol. The zero-order valence-corrected chi connectivity index (χ0v) is 6.90. The summed E-state index contributed by atoms with van der Waals surface area (Å²) >= 11 is 0. The van der Waals surface area contributed by atoms with Gasteiger partial charge in [0.05, 0.1) is 11.0 Å². The lowest BCUT2D eigenvalue weighted by Crippen LogP contribution is -2.06. The van der Waals surface area contributed by atoms with E-state index in [1.54, 1.807) is 0 Å². The molecule has 3 nitrogen and oxygen atoms in total. The Hall–Kier alpha value is -1.08. The smallest absolute Gasteiger partial charge is 0.305 e. The van der Waals surface area contributed by atoms with E-state index in [4.69, 9.17) is 0 Å². The van der Waals surface area contributed by atoms with Crippen LogP contribution in [0.1, 0.15) is 0 Å². The minimum absolute atomic E-state index is 0.101. The molecule has 0 aliphatic heterocycles. The molecule has 0 aliphatic carbocycles. The molecule has 0 amide bonds. The lowest BCUT2D eigenvalue weighted by molar-refractivity contribution is 1.15. The minimum atomic E-state index is -0.101. The first-order valence-corrected chi connectivity index (χ1v) is 3.75. The summed E-state index contributed by atoms with van der Waals surface area (Å²) in [5, 5.41) is 0. The molecule has 1 aromatic heterocycles. The van der Waals surface area contributed by atoms with Crippen LogP contribution in [-0.2, 0) is 0 Å². The third kappa shape index (κ3) is 0.889. The standard InChI is InChI=1S/C7H7N2OP/c10-7-8-5-3-1-2-4-6(5)9(7)11/h1-4H,11H2,(H,8,10). The topological polar surface area (TPSA) is 37.8 Å². The molecule has 0 saturated heterocycles. The van der Waals surface area contributed by atoms with Gasteiger partial charge in [-0.15, -0.1) is 0 Å². The van der Waals surface area contributed by atoms with Crippen LogP contribution in [0.3, 0.4) is 0 Å². The van der Waals surface area contributed by atoms with Crippen LogP contribution >= 0.6 is 9.39 Å². The second-order valence-electron chi connectivity index (χ2n) is 2.32. The Bertz CT molecular complexity index is 443. The van der Waals surface area contributed by atoms with Crippen LogP contribution in [0.5, 0.6) is 0 Å². The van der Waals surface area contributed by atoms with Crippen molar-refractivity contribution in [3.63, 3.8) is 0 Å². The van der Waals surface area contributed by atoms with Gasteiger partial charge < -0.3 is 4.98 Å². The normalized spacial score (nSPS) is 10.6. The number of nitrogens with zero attached hydrogens (tertiary/aromatic N) is 1. The molecular weight excluding hydrogens is 159 g/mol. The number of imidazole rings is 1. The Labute approximate surface area is 65.3 Å². The number of aromatic nitrogens is 2. The number of hydrogen-bond acceptors (Lipinski definition) is 1. The second kappa shape index (κ2) is 2.21. The van der Waals surface area contributed by atoms with Crippen LogP contribution in [0.25, 0.3) is 11.0 Å². The fraction of sp³-hybridized carbons (Fsp3) is 0. The van der Waals surface area contributed by atoms with Gasteiger partial charge in [0, 0.05) is 0 Å². The van der Waals surface area contributed by atoms with Crippen LogP contribution in [-0.4, -0.2) is 9.32 Å². The number of benzene rings is 1. The monoisotopic (exact) mass is 166 g/mol. The van der Waals surface area contributed by atoms with Gasteiger partial charge in [0.15, 0.2) is 0 Å². The van der Waals surface area contributed by atoms with Gasteiger partial charge in [-0.1, -0.05) is 12.1 Å². The molecule has 1 aromatic carbocycles. The molecule has 1 heterocycles. The highest BCUT2D eigenvalue weighted by atomic mass is 31.0. The molecule has 0 radical (unpaired) electrons. The van der Waals surface area contributed by atoms with Crippen LogP contribution < -0.4 is 5.69 Å². The van der Waals surface area contributed by atoms with Crippen molar-refractivity contribution in [3.05, 3.63) is 34.7 Å². The molecule has 0 saturated carbocycles. The Balaban J connectivity index is 3.04. The largest absolute Gasteiger partial charge is 0.329 e. The van der Waals surface area contributed by atoms with E-state index in [0.29, 0.717) is 0 Å². The summed E-state index contributed by atoms with van der Waals surface area (Å²) in [6.07, 6.45) is 0. The van der Waals surface area contributed by atoms with Crippen LogP contribution in [0, 0.1) is 0 Å². The van der Waals surface area contributed by atoms with E-state index in [2.05, 4.69) is 14.4 Å². The Kier molecular flexibility index (Phi) is 1.33. The van der Waals surface area contributed by atoms with Gasteiger partial charge in [0.25, 0.3) is 0 Å². The maximum Gasteiger partial charge on any atom is 0.329 e. The number of fused-ring (bicyclic) bond motifs is 1. The zero-order valence-electron chi connectivity index (χ0n) is 5.74. The maximum atomic E-state index is 11.0. The van der Waals surface area contributed by atoms with E-state index in [9.17, 15) is 4.79 Å². The van der Waals surface area contributed by atoms with Crippen molar-refractivity contribution in [2.75, 3.05) is 0 Å². The van der Waals surface area contributed by atoms with Crippen molar-refractivity contribution in [2.45, 2.75) is 0 Å². The predicted molar refractivity (Wildman–Crippen MR) is 47.7 cm³/mol. The number of nitrogens with one attached hydrogen (secondary N) is 1. The van der Waals surface area contributed by atoms with Gasteiger partial charge in [0.1, 0.15) is 0 Å². The number of H-pyrrole nitrogens is 1. The molecule has 0 fully saturated rings. The van der Waals surface area contributed by atoms with Gasteiger partial charge in [-0.2, -0.15) is 0 Å². The molecular formula is C7H7N2OP. The molecule has 0 spiro atoms. The third-order valence-electron chi connectivity index (χ3n) is 1.62. The van der Waals surface area contributed by atoms with E-state index >= 15 is 0 Å². The van der Waals surface area contributed by atoms with Gasteiger partial charge in [-0.25, -0.2) is 4.79 Å². The number of para-hydroxylation sites is 2. The summed E-state index contributed by atoms with van der Waals surface area (Å²) in [4.78, 5) is 13.7. The summed E-state index contributed by atoms with van der Waals surface area (Å²) in [7, 11) is 2.36. The maximum absolute atomic E-state index is 11.0. The lowest BCUT2D eigenvalue weighted by Gasteiger charge is -1.89. The highest BCUT2D eigenvalue weighted by molar-refractivity contribution is 7.14. The number of aromatic amines is 1. The fourth-order valence-electron chi connectivity index (χ4n) is 1.07. The van der Waals surface area contributed by atoms with Crippen molar-refractivity contribution in [1.82, 2.24) is 9.32 Å². The van der Waals surface area contributed by atoms with Crippen molar-refractivity contribution < 1.29 is 0 Å². The van der Waals surface area contributed by atoms with Crippen molar-refractivity contribution in [3.8, 4) is 0 Å². The Morgan fingerprint density at radius 3 is 2.82 bits per heavy atom. The molecule has 2 aromatic rings. The predicted octanol–water partition coefficient (Wildman–Crippen LogP) is 0.968. The Morgan fingerprint density at radius 2 is 2.09 bits per heavy atom. The minimum Gasteiger partial charge on any atom is -0.305 e. The summed E-state index contributed by atoms with van der Waals surface area (Å²) in [6.45, 7) is 0. The van der Waals surface area contributed by atoms with Gasteiger partial charge in [-0.3, -0.25) is 4.34 Å². The van der Waals surface area contributed by atoms with Crippen molar-refractivity contribution in [1.29, 1.82) is 0 Å². The molecule has 56 valence electrons. The SMILES string of the molecule is O=c1[nH]c2ccccc2n1P. The van der Waals surface area contributed by atoms with Crippen LogP contribution in [0.4, 0.5) is 0 Å². The van der Waals surface area contributed by atoms with Crippen molar-refractivity contribution in [2.24, 2.45) is 0 Å². The first kappa shape index (κ1) is 6.62. The average Bonchev–Trinajstić information content (AvgIpc) is 2.30. The summed E-state index contributed by atoms with van der Waals surface area (Å²) in [5.74, 6) is 0. The molecule has 1 atom stereocenters. The van der Waals surface area contributed by atoms with E-state index in [0.717, 1.165) is 11.0 Å². The summed E-state index contributed by atoms with van der Waals surface area (Å²) in [6, 6.07) is 7.55. The van der Waals surface area contributed by atoms with E-state index in [-0.39, 0.29) is 5.69 Å². The van der Waals surface area contributed by atoms with Gasteiger partial charge in [0.2, 0.25) is 0 Å². The number of hydrogen-bond donors (Lipinski definition) is 1. The highest BCUT2D eigenvalue weighted by Crippen LogP contribution is 2.09. The van der Waals surface area contributed by atoms with Gasteiger partial charge in [-0.05, 0) is 21.5 Å². The summed E-state index contributed by atoms with van der Waals surface area (Å²) < 4.78 is 1.51. The number of rotatable bonds is 0. The molecule has 1 N–H and O–H groups in total. The van der Waals surface area contributed by atoms with Gasteiger partial charge >= 0.3 is 5.69 Å².